The van der Waals surface area contributed by atoms with E-state index in [1.807, 2.05) is 0 Å². The van der Waals surface area contributed by atoms with Gasteiger partial charge in [0.2, 0.25) is 0 Å². The van der Waals surface area contributed by atoms with Gasteiger partial charge < -0.3 is 15.4 Å². The van der Waals surface area contributed by atoms with E-state index in [4.69, 9.17) is 10.5 Å². The average Bonchev–Trinajstić information content (AvgIpc) is 2.61. The van der Waals surface area contributed by atoms with Crippen LogP contribution >= 0.6 is 0 Å². The van der Waals surface area contributed by atoms with Gasteiger partial charge in [-0.2, -0.15) is 0 Å². The third kappa shape index (κ3) is 3.25. The van der Waals surface area contributed by atoms with Crippen LogP contribution in [0.15, 0.2) is 0 Å². The molecule has 0 aromatic rings. The van der Waals surface area contributed by atoms with Gasteiger partial charge in [0.25, 0.3) is 0 Å². The van der Waals surface area contributed by atoms with E-state index in [2.05, 4.69) is 11.8 Å². The summed E-state index contributed by atoms with van der Waals surface area (Å²) < 4.78 is 5.32. The number of likely N-dealkylation sites (tertiary alicyclic amines) is 1. The SMILES string of the molecule is CCC(CN)CN1CCC(OC)C1. The third-order valence-electron chi connectivity index (χ3n) is 2.99. The summed E-state index contributed by atoms with van der Waals surface area (Å²) in [5.41, 5.74) is 5.67. The van der Waals surface area contributed by atoms with E-state index in [0.717, 1.165) is 19.6 Å². The highest BCUT2D eigenvalue weighted by atomic mass is 16.5. The molecule has 3 nitrogen and oxygen atoms in total. The zero-order valence-corrected chi connectivity index (χ0v) is 8.83. The predicted molar refractivity (Wildman–Crippen MR) is 54.7 cm³/mol. The van der Waals surface area contributed by atoms with E-state index in [-0.39, 0.29) is 0 Å². The fourth-order valence-electron chi connectivity index (χ4n) is 1.89. The van der Waals surface area contributed by atoms with Crippen LogP contribution in [-0.4, -0.2) is 44.3 Å². The third-order valence-corrected chi connectivity index (χ3v) is 2.99. The maximum Gasteiger partial charge on any atom is 0.0710 e. The second-order valence-electron chi connectivity index (χ2n) is 3.92. The lowest BCUT2D eigenvalue weighted by Crippen LogP contribution is -2.31. The van der Waals surface area contributed by atoms with Gasteiger partial charge in [-0.15, -0.1) is 0 Å². The Morgan fingerprint density at radius 3 is 2.85 bits per heavy atom. The minimum absolute atomic E-state index is 0.454. The highest BCUT2D eigenvalue weighted by molar-refractivity contribution is 4.77. The molecule has 2 atom stereocenters. The van der Waals surface area contributed by atoms with Crippen LogP contribution < -0.4 is 5.73 Å². The molecule has 1 rings (SSSR count). The highest BCUT2D eigenvalue weighted by Crippen LogP contribution is 2.14. The summed E-state index contributed by atoms with van der Waals surface area (Å²) in [6.45, 7) is 6.43. The number of methoxy groups -OCH3 is 1. The summed E-state index contributed by atoms with van der Waals surface area (Å²) in [7, 11) is 1.80. The van der Waals surface area contributed by atoms with E-state index >= 15 is 0 Å². The van der Waals surface area contributed by atoms with Crippen molar-refractivity contribution in [1.29, 1.82) is 0 Å². The first-order chi connectivity index (χ1) is 6.30. The Morgan fingerprint density at radius 1 is 1.62 bits per heavy atom. The van der Waals surface area contributed by atoms with E-state index < -0.39 is 0 Å². The van der Waals surface area contributed by atoms with Crippen LogP contribution in [0.3, 0.4) is 0 Å². The summed E-state index contributed by atoms with van der Waals surface area (Å²) in [6.07, 6.45) is 2.82. The van der Waals surface area contributed by atoms with E-state index in [9.17, 15) is 0 Å². The first kappa shape index (κ1) is 11.0. The molecule has 1 fully saturated rings. The molecule has 2 unspecified atom stereocenters. The van der Waals surface area contributed by atoms with Crippen molar-refractivity contribution in [3.63, 3.8) is 0 Å². The van der Waals surface area contributed by atoms with Gasteiger partial charge in [0.1, 0.15) is 0 Å². The average molecular weight is 186 g/mol. The Balaban J connectivity index is 2.22. The van der Waals surface area contributed by atoms with Crippen molar-refractivity contribution in [2.75, 3.05) is 33.3 Å². The molecule has 3 heteroatoms. The maximum atomic E-state index is 5.67. The molecular formula is C10H22N2O. The molecular weight excluding hydrogens is 164 g/mol. The van der Waals surface area contributed by atoms with Crippen LogP contribution in [0.2, 0.25) is 0 Å². The molecule has 0 aromatic heterocycles. The number of hydrogen-bond acceptors (Lipinski definition) is 3. The molecule has 0 saturated carbocycles. The maximum absolute atomic E-state index is 5.67. The predicted octanol–water partition coefficient (Wildman–Crippen LogP) is 0.692. The minimum Gasteiger partial charge on any atom is -0.380 e. The standard InChI is InChI=1S/C10H22N2O/c1-3-9(6-11)7-12-5-4-10(8-12)13-2/h9-10H,3-8,11H2,1-2H3. The number of nitrogens with two attached hydrogens (primary N) is 1. The van der Waals surface area contributed by atoms with Gasteiger partial charge in [0.05, 0.1) is 6.10 Å². The van der Waals surface area contributed by atoms with Gasteiger partial charge in [-0.3, -0.25) is 0 Å². The molecule has 13 heavy (non-hydrogen) atoms. The molecule has 1 heterocycles. The van der Waals surface area contributed by atoms with Crippen molar-refractivity contribution in [3.8, 4) is 0 Å². The second kappa shape index (κ2) is 5.58. The summed E-state index contributed by atoms with van der Waals surface area (Å²) in [4.78, 5) is 2.47. The largest absolute Gasteiger partial charge is 0.380 e. The molecule has 0 aromatic carbocycles. The quantitative estimate of drug-likeness (QED) is 0.686. The lowest BCUT2D eigenvalue weighted by molar-refractivity contribution is 0.106. The van der Waals surface area contributed by atoms with E-state index in [1.54, 1.807) is 7.11 Å². The summed E-state index contributed by atoms with van der Waals surface area (Å²) in [5.74, 6) is 0.663. The highest BCUT2D eigenvalue weighted by Gasteiger charge is 2.23. The Bertz CT molecular complexity index is 137. The van der Waals surface area contributed by atoms with Crippen LogP contribution in [0.25, 0.3) is 0 Å². The summed E-state index contributed by atoms with van der Waals surface area (Å²) in [5, 5.41) is 0. The molecule has 0 bridgehead atoms. The van der Waals surface area contributed by atoms with Gasteiger partial charge in [-0.05, 0) is 18.9 Å². The van der Waals surface area contributed by atoms with Gasteiger partial charge >= 0.3 is 0 Å². The molecule has 0 aliphatic carbocycles. The number of rotatable bonds is 5. The fourth-order valence-corrected chi connectivity index (χ4v) is 1.89. The van der Waals surface area contributed by atoms with Crippen molar-refractivity contribution in [1.82, 2.24) is 4.90 Å². The number of hydrogen-bond donors (Lipinski definition) is 1. The Kier molecular flexibility index (Phi) is 4.70. The second-order valence-corrected chi connectivity index (χ2v) is 3.92. The van der Waals surface area contributed by atoms with Crippen LogP contribution in [0.5, 0.6) is 0 Å². The summed E-state index contributed by atoms with van der Waals surface area (Å²) in [6, 6.07) is 0. The fraction of sp³-hybridized carbons (Fsp3) is 1.00. The zero-order chi connectivity index (χ0) is 9.68. The van der Waals surface area contributed by atoms with Gasteiger partial charge in [-0.1, -0.05) is 13.3 Å². The van der Waals surface area contributed by atoms with Crippen molar-refractivity contribution >= 4 is 0 Å². The molecule has 0 radical (unpaired) electrons. The first-order valence-electron chi connectivity index (χ1n) is 5.25. The van der Waals surface area contributed by atoms with Gasteiger partial charge in [-0.25, -0.2) is 0 Å². The summed E-state index contributed by atoms with van der Waals surface area (Å²) >= 11 is 0. The molecule has 1 aliphatic heterocycles. The molecule has 78 valence electrons. The Morgan fingerprint density at radius 2 is 2.38 bits per heavy atom. The van der Waals surface area contributed by atoms with Crippen molar-refractivity contribution in [2.45, 2.75) is 25.9 Å². The van der Waals surface area contributed by atoms with Crippen LogP contribution in [0.1, 0.15) is 19.8 Å². The van der Waals surface area contributed by atoms with Crippen LogP contribution in [0, 0.1) is 5.92 Å². The van der Waals surface area contributed by atoms with Crippen molar-refractivity contribution in [2.24, 2.45) is 11.7 Å². The zero-order valence-electron chi connectivity index (χ0n) is 8.83. The molecule has 0 amide bonds. The van der Waals surface area contributed by atoms with Gasteiger partial charge in [0, 0.05) is 26.7 Å². The van der Waals surface area contributed by atoms with Crippen molar-refractivity contribution < 1.29 is 4.74 Å². The van der Waals surface area contributed by atoms with Crippen molar-refractivity contribution in [3.05, 3.63) is 0 Å². The Hall–Kier alpha value is -0.120. The minimum atomic E-state index is 0.454. The van der Waals surface area contributed by atoms with Gasteiger partial charge in [0.15, 0.2) is 0 Å². The number of nitrogens with zero attached hydrogens (tertiary/aromatic N) is 1. The topological polar surface area (TPSA) is 38.5 Å². The lowest BCUT2D eigenvalue weighted by Gasteiger charge is -2.21. The first-order valence-corrected chi connectivity index (χ1v) is 5.25. The Labute approximate surface area is 81.2 Å². The molecule has 1 saturated heterocycles. The van der Waals surface area contributed by atoms with Crippen LogP contribution in [0.4, 0.5) is 0 Å². The molecule has 2 N–H and O–H groups in total. The smallest absolute Gasteiger partial charge is 0.0710 e. The van der Waals surface area contributed by atoms with Crippen LogP contribution in [-0.2, 0) is 4.74 Å². The van der Waals surface area contributed by atoms with E-state index in [0.29, 0.717) is 12.0 Å². The molecule has 0 spiro atoms. The lowest BCUT2D eigenvalue weighted by atomic mass is 10.1. The monoisotopic (exact) mass is 186 g/mol. The van der Waals surface area contributed by atoms with E-state index in [1.165, 1.54) is 19.4 Å². The number of ether oxygens (including phenoxy) is 1. The molecule has 1 aliphatic rings. The normalized spacial score (nSPS) is 26.5.